The molecule has 1 N–H and O–H groups in total. The number of methoxy groups -OCH3 is 1. The Morgan fingerprint density at radius 1 is 1.29 bits per heavy atom. The first kappa shape index (κ1) is 14.7. The van der Waals surface area contributed by atoms with Crippen LogP contribution in [0.2, 0.25) is 0 Å². The molecule has 1 saturated carbocycles. The van der Waals surface area contributed by atoms with Crippen molar-refractivity contribution < 1.29 is 9.53 Å². The number of hydrogen-bond donors (Lipinski definition) is 1. The van der Waals surface area contributed by atoms with E-state index in [9.17, 15) is 4.79 Å². The molecule has 0 spiro atoms. The van der Waals surface area contributed by atoms with E-state index in [1.54, 1.807) is 17.7 Å². The van der Waals surface area contributed by atoms with Crippen molar-refractivity contribution in [2.24, 2.45) is 0 Å². The van der Waals surface area contributed by atoms with Crippen LogP contribution in [0.25, 0.3) is 5.65 Å². The zero-order chi connectivity index (χ0) is 16.7. The Labute approximate surface area is 139 Å². The van der Waals surface area contributed by atoms with Gasteiger partial charge in [0.25, 0.3) is 5.91 Å². The van der Waals surface area contributed by atoms with Crippen molar-refractivity contribution in [1.29, 1.82) is 0 Å². The summed E-state index contributed by atoms with van der Waals surface area (Å²) in [5.74, 6) is 0.900. The van der Waals surface area contributed by atoms with E-state index in [4.69, 9.17) is 4.74 Å². The second-order valence-electron chi connectivity index (χ2n) is 6.12. The number of fused-ring (bicyclic) bond motifs is 1. The molecular weight excluding hydrogens is 304 g/mol. The van der Waals surface area contributed by atoms with Gasteiger partial charge in [-0.3, -0.25) is 4.79 Å². The largest absolute Gasteiger partial charge is 0.495 e. The van der Waals surface area contributed by atoms with Gasteiger partial charge in [-0.15, -0.1) is 0 Å². The number of carbonyl (C=O) groups is 1. The second kappa shape index (κ2) is 5.63. The molecule has 0 unspecified atom stereocenters. The summed E-state index contributed by atoms with van der Waals surface area (Å²) in [6.07, 6.45) is 4.28. The average Bonchev–Trinajstić information content (AvgIpc) is 3.34. The average molecular weight is 322 g/mol. The van der Waals surface area contributed by atoms with E-state index in [0.29, 0.717) is 23.0 Å². The summed E-state index contributed by atoms with van der Waals surface area (Å²) in [5.41, 5.74) is 3.83. The molecule has 0 radical (unpaired) electrons. The summed E-state index contributed by atoms with van der Waals surface area (Å²) < 4.78 is 6.97. The molecule has 24 heavy (non-hydrogen) atoms. The van der Waals surface area contributed by atoms with Crippen LogP contribution < -0.4 is 10.1 Å². The van der Waals surface area contributed by atoms with Crippen molar-refractivity contribution in [2.75, 3.05) is 12.4 Å². The van der Waals surface area contributed by atoms with Crippen LogP contribution in [-0.4, -0.2) is 27.6 Å². The van der Waals surface area contributed by atoms with Crippen LogP contribution in [0.3, 0.4) is 0 Å². The standard InChI is InChI=1S/C18H18N4O2/c1-11-3-7-16(24-2)14(9-11)20-18(23)13-6-8-17-19-15(12-4-5-12)10-22(17)21-13/h3,6-10,12H,4-5H2,1-2H3,(H,20,23). The molecular formula is C18H18N4O2. The summed E-state index contributed by atoms with van der Waals surface area (Å²) in [5, 5.41) is 7.25. The first-order valence-corrected chi connectivity index (χ1v) is 7.96. The first-order valence-electron chi connectivity index (χ1n) is 7.96. The number of aryl methyl sites for hydroxylation is 1. The number of imidazole rings is 1. The zero-order valence-corrected chi connectivity index (χ0v) is 13.6. The minimum atomic E-state index is -0.275. The fourth-order valence-corrected chi connectivity index (χ4v) is 2.70. The molecule has 0 atom stereocenters. The highest BCUT2D eigenvalue weighted by Crippen LogP contribution is 2.39. The number of amides is 1. The summed E-state index contributed by atoms with van der Waals surface area (Å²) >= 11 is 0. The lowest BCUT2D eigenvalue weighted by Crippen LogP contribution is -2.15. The lowest BCUT2D eigenvalue weighted by Gasteiger charge is -2.10. The van der Waals surface area contributed by atoms with E-state index in [-0.39, 0.29) is 5.91 Å². The lowest BCUT2D eigenvalue weighted by molar-refractivity contribution is 0.102. The van der Waals surface area contributed by atoms with Gasteiger partial charge >= 0.3 is 0 Å². The monoisotopic (exact) mass is 322 g/mol. The molecule has 1 aliphatic carbocycles. The van der Waals surface area contributed by atoms with E-state index in [2.05, 4.69) is 15.4 Å². The summed E-state index contributed by atoms with van der Waals surface area (Å²) in [7, 11) is 1.58. The van der Waals surface area contributed by atoms with Crippen molar-refractivity contribution in [3.63, 3.8) is 0 Å². The molecule has 2 aromatic heterocycles. The fraction of sp³-hybridized carbons (Fsp3) is 0.278. The highest BCUT2D eigenvalue weighted by Gasteiger charge is 2.26. The number of benzene rings is 1. The Morgan fingerprint density at radius 3 is 2.88 bits per heavy atom. The van der Waals surface area contributed by atoms with Crippen molar-refractivity contribution in [3.05, 3.63) is 53.5 Å². The van der Waals surface area contributed by atoms with Gasteiger partial charge < -0.3 is 10.1 Å². The van der Waals surface area contributed by atoms with Gasteiger partial charge in [0.05, 0.1) is 24.7 Å². The molecule has 1 aromatic carbocycles. The first-order chi connectivity index (χ1) is 11.6. The Hall–Kier alpha value is -2.89. The summed E-state index contributed by atoms with van der Waals surface area (Å²) in [6.45, 7) is 1.96. The minimum Gasteiger partial charge on any atom is -0.495 e. The van der Waals surface area contributed by atoms with Crippen LogP contribution in [0.1, 0.15) is 40.5 Å². The molecule has 6 nitrogen and oxygen atoms in total. The van der Waals surface area contributed by atoms with Gasteiger partial charge in [0.2, 0.25) is 0 Å². The minimum absolute atomic E-state index is 0.275. The number of nitrogens with zero attached hydrogens (tertiary/aromatic N) is 3. The Balaban J connectivity index is 1.62. The van der Waals surface area contributed by atoms with Gasteiger partial charge in [-0.2, -0.15) is 5.10 Å². The van der Waals surface area contributed by atoms with Crippen molar-refractivity contribution in [1.82, 2.24) is 14.6 Å². The summed E-state index contributed by atoms with van der Waals surface area (Å²) in [6, 6.07) is 9.15. The van der Waals surface area contributed by atoms with Gasteiger partial charge in [-0.25, -0.2) is 9.50 Å². The van der Waals surface area contributed by atoms with Gasteiger partial charge in [0.15, 0.2) is 5.65 Å². The molecule has 0 bridgehead atoms. The van der Waals surface area contributed by atoms with Gasteiger partial charge in [0.1, 0.15) is 11.4 Å². The Bertz CT molecular complexity index is 928. The number of hydrogen-bond acceptors (Lipinski definition) is 4. The second-order valence-corrected chi connectivity index (χ2v) is 6.12. The molecule has 122 valence electrons. The molecule has 1 amide bonds. The van der Waals surface area contributed by atoms with Crippen molar-refractivity contribution >= 4 is 17.2 Å². The Morgan fingerprint density at radius 2 is 2.12 bits per heavy atom. The van der Waals surface area contributed by atoms with Gasteiger partial charge in [-0.05, 0) is 49.6 Å². The smallest absolute Gasteiger partial charge is 0.276 e. The van der Waals surface area contributed by atoms with Crippen LogP contribution in [0.4, 0.5) is 5.69 Å². The predicted molar refractivity (Wildman–Crippen MR) is 90.6 cm³/mol. The third-order valence-corrected chi connectivity index (χ3v) is 4.17. The highest BCUT2D eigenvalue weighted by atomic mass is 16.5. The maximum absolute atomic E-state index is 12.5. The lowest BCUT2D eigenvalue weighted by atomic mass is 10.2. The third kappa shape index (κ3) is 2.71. The number of nitrogens with one attached hydrogen (secondary N) is 1. The van der Waals surface area contributed by atoms with Crippen molar-refractivity contribution in [3.8, 4) is 5.75 Å². The molecule has 6 heteroatoms. The molecule has 0 aliphatic heterocycles. The molecule has 1 fully saturated rings. The van der Waals surface area contributed by atoms with Crippen LogP contribution in [0.15, 0.2) is 36.5 Å². The van der Waals surface area contributed by atoms with E-state index in [1.165, 1.54) is 12.8 Å². The molecule has 1 aliphatic rings. The number of aromatic nitrogens is 3. The quantitative estimate of drug-likeness (QED) is 0.801. The van der Waals surface area contributed by atoms with E-state index >= 15 is 0 Å². The maximum atomic E-state index is 12.5. The van der Waals surface area contributed by atoms with Crippen LogP contribution in [0, 0.1) is 6.92 Å². The van der Waals surface area contributed by atoms with Gasteiger partial charge in [-0.1, -0.05) is 6.07 Å². The third-order valence-electron chi connectivity index (χ3n) is 4.17. The predicted octanol–water partition coefficient (Wildman–Crippen LogP) is 3.18. The molecule has 3 aromatic rings. The van der Waals surface area contributed by atoms with Crippen LogP contribution >= 0.6 is 0 Å². The number of ether oxygens (including phenoxy) is 1. The van der Waals surface area contributed by atoms with Crippen LogP contribution in [-0.2, 0) is 0 Å². The van der Waals surface area contributed by atoms with E-state index in [1.807, 2.05) is 37.4 Å². The van der Waals surface area contributed by atoms with Crippen LogP contribution in [0.5, 0.6) is 5.75 Å². The SMILES string of the molecule is COc1ccc(C)cc1NC(=O)c1ccc2nc(C3CC3)cn2n1. The maximum Gasteiger partial charge on any atom is 0.276 e. The zero-order valence-electron chi connectivity index (χ0n) is 13.6. The topological polar surface area (TPSA) is 68.5 Å². The molecule has 2 heterocycles. The fourth-order valence-electron chi connectivity index (χ4n) is 2.70. The normalized spacial score (nSPS) is 13.9. The molecule has 4 rings (SSSR count). The molecule has 0 saturated heterocycles. The number of carbonyl (C=O) groups excluding carboxylic acids is 1. The van der Waals surface area contributed by atoms with E-state index in [0.717, 1.165) is 16.9 Å². The van der Waals surface area contributed by atoms with Crippen molar-refractivity contribution in [2.45, 2.75) is 25.7 Å². The number of rotatable bonds is 4. The van der Waals surface area contributed by atoms with Gasteiger partial charge in [0, 0.05) is 5.92 Å². The van der Waals surface area contributed by atoms with E-state index < -0.39 is 0 Å². The highest BCUT2D eigenvalue weighted by molar-refractivity contribution is 6.03. The number of anilines is 1. The Kier molecular flexibility index (Phi) is 3.45. The summed E-state index contributed by atoms with van der Waals surface area (Å²) in [4.78, 5) is 17.1.